The van der Waals surface area contributed by atoms with Crippen molar-refractivity contribution in [3.63, 3.8) is 0 Å². The second kappa shape index (κ2) is 34.8. The van der Waals surface area contributed by atoms with Gasteiger partial charge in [-0.3, -0.25) is 18.8 Å². The van der Waals surface area contributed by atoms with Crippen molar-refractivity contribution < 1.29 is 154 Å². The fourth-order valence-corrected chi connectivity index (χ4v) is 5.05. The van der Waals surface area contributed by atoms with E-state index in [9.17, 15) is 19.1 Å². The third-order valence-electron chi connectivity index (χ3n) is 7.42. The van der Waals surface area contributed by atoms with Gasteiger partial charge in [0, 0.05) is 23.2 Å². The molecule has 0 amide bonds. The zero-order valence-electron chi connectivity index (χ0n) is 34.9. The van der Waals surface area contributed by atoms with Crippen molar-refractivity contribution in [2.45, 2.75) is 26.1 Å². The zero-order chi connectivity index (χ0) is 42.4. The largest absolute Gasteiger partial charge is 1.00 e. The van der Waals surface area contributed by atoms with Crippen molar-refractivity contribution in [2.24, 2.45) is 0 Å². The number of rotatable bonds is 13. The summed E-state index contributed by atoms with van der Waals surface area (Å²) < 4.78 is 26.9. The first kappa shape index (κ1) is 54.1. The summed E-state index contributed by atoms with van der Waals surface area (Å²) in [6.07, 6.45) is 1.10. The molecule has 0 unspecified atom stereocenters. The van der Waals surface area contributed by atoms with Crippen molar-refractivity contribution in [1.82, 2.24) is 0 Å². The number of para-hydroxylation sites is 2. The number of carbonyl (C=O) groups excluding carboxylic acids is 3. The molecule has 0 aliphatic rings. The Morgan fingerprint density at radius 3 is 1.46 bits per heavy atom. The fraction of sp³-hybridized carbons (Fsp3) is 0.133. The molecule has 0 fully saturated rings. The van der Waals surface area contributed by atoms with Gasteiger partial charge in [-0.2, -0.15) is 0 Å². The van der Waals surface area contributed by atoms with Crippen LogP contribution in [0.25, 0.3) is 0 Å². The molecule has 0 aliphatic carbocycles. The summed E-state index contributed by atoms with van der Waals surface area (Å²) >= 11 is 3.14. The number of anilines is 1. The van der Waals surface area contributed by atoms with Crippen LogP contribution in [0.3, 0.4) is 0 Å². The average Bonchev–Trinajstić information content (AvgIpc) is 3.27. The van der Waals surface area contributed by atoms with Crippen molar-refractivity contribution in [3.8, 4) is 23.0 Å². The first-order chi connectivity index (χ1) is 28.2. The van der Waals surface area contributed by atoms with Gasteiger partial charge in [-0.05, 0) is 108 Å². The van der Waals surface area contributed by atoms with Crippen LogP contribution in [0.2, 0.25) is 0 Å². The van der Waals surface area contributed by atoms with E-state index in [4.69, 9.17) is 31.7 Å². The molecule has 6 aromatic rings. The Hall–Kier alpha value is -2.91. The maximum absolute atomic E-state index is 12.4. The summed E-state index contributed by atoms with van der Waals surface area (Å²) in [7, 11) is -1.00. The van der Waals surface area contributed by atoms with Crippen molar-refractivity contribution in [3.05, 3.63) is 186 Å². The number of ketones is 2. The monoisotopic (exact) mass is 920 g/mol. The number of nitrogen functional groups attached to an aromatic ring is 1. The molecule has 0 radical (unpaired) electrons. The van der Waals surface area contributed by atoms with E-state index >= 15 is 0 Å². The molecule has 0 saturated carbocycles. The Morgan fingerprint density at radius 1 is 0.678 bits per heavy atom. The van der Waals surface area contributed by atoms with E-state index in [-0.39, 0.29) is 135 Å². The molecule has 10 nitrogen and oxygen atoms in total. The predicted octanol–water partition coefficient (Wildman–Crippen LogP) is 2.75. The minimum Gasteiger partial charge on any atom is -1.00 e. The van der Waals surface area contributed by atoms with Crippen LogP contribution in [0.1, 0.15) is 46.6 Å². The number of benzene rings is 6. The first-order valence-electron chi connectivity index (χ1n) is 17.9. The summed E-state index contributed by atoms with van der Waals surface area (Å²) in [6, 6.07) is 48.3. The van der Waals surface area contributed by atoms with Gasteiger partial charge in [-0.15, -0.1) is 0 Å². The predicted molar refractivity (Wildman–Crippen MR) is 221 cm³/mol. The van der Waals surface area contributed by atoms with Gasteiger partial charge in [0.25, 0.3) is 6.47 Å². The molecule has 0 bridgehead atoms. The Balaban J connectivity index is 0. The summed E-state index contributed by atoms with van der Waals surface area (Å²) in [5.74, 6) is 3.15. The Labute approximate surface area is 440 Å². The molecule has 0 aromatic heterocycles. The summed E-state index contributed by atoms with van der Waals surface area (Å²) in [6.45, 7) is -0.101. The first-order valence-corrected chi connectivity index (χ1v) is 18.3. The van der Waals surface area contributed by atoms with Gasteiger partial charge >= 0.3 is 103 Å². The molecule has 14 heteroatoms. The van der Waals surface area contributed by atoms with E-state index in [1.165, 1.54) is 0 Å². The quantitative estimate of drug-likeness (QED) is 0.0298. The van der Waals surface area contributed by atoms with E-state index in [0.717, 1.165) is 33.9 Å². The molecule has 0 spiro atoms. The maximum Gasteiger partial charge on any atom is 1.00 e. The number of halogens is 2. The molecule has 0 atom stereocenters. The Kier molecular flexibility index (Phi) is 31.9. The van der Waals surface area contributed by atoms with Crippen LogP contribution in [0.4, 0.5) is 10.1 Å². The molecule has 0 heterocycles. The number of nitrogens with two attached hydrogens (primary N) is 1. The number of alkyl halides is 2. The molecule has 59 heavy (non-hydrogen) atoms. The minimum absolute atomic E-state index is 0. The number of Topliss-reactive ketones (excluding diaryl/α,β-unsaturated/α-hetero) is 2. The molecule has 0 aliphatic heterocycles. The topological polar surface area (TPSA) is 168 Å². The van der Waals surface area contributed by atoms with Crippen LogP contribution < -0.4 is 123 Å². The Bertz CT molecular complexity index is 2060. The smallest absolute Gasteiger partial charge is 1.00 e. The third-order valence-corrected chi connectivity index (χ3v) is 7.93. The molecule has 6 aromatic carbocycles. The van der Waals surface area contributed by atoms with Crippen LogP contribution in [0.5, 0.6) is 23.0 Å². The van der Waals surface area contributed by atoms with Gasteiger partial charge in [0.2, 0.25) is 0 Å². The molecule has 0 saturated heterocycles. The number of carbonyl (C=O) groups is 3. The maximum atomic E-state index is 12.4. The van der Waals surface area contributed by atoms with E-state index in [1.54, 1.807) is 48.5 Å². The molecular weight excluding hydrogens is 876 g/mol. The standard InChI is InChI=1S/C22H20O3.C14H11BrO2.C7H9NO.CH3F.CH2O3.2K.H/c23-16-18-6-4-5-17(15-18)9-14-22(24)19-10-12-21(13-11-19)25-20-7-2-1-3-8-20;15-10-14(16)11-6-8-13(9-7-11)17-12-4-2-1-3-5-12;8-7-3-1-2-6(4-7)5-9;1-2;2-1-4-3;;;/h1-8,10-13,15,23H,9,14,16H2;1-9H,10H2;1-4,9H,5,8H2;1H3;1,3H;;;/q;;;;;2*+1;-1/p-1/i;;;1D;;;;. The van der Waals surface area contributed by atoms with Crippen molar-refractivity contribution >= 4 is 39.7 Å². The van der Waals surface area contributed by atoms with E-state index in [1.807, 2.05) is 109 Å². The minimum atomic E-state index is -1.00. The number of aryl methyl sites for hydroxylation is 1. The van der Waals surface area contributed by atoms with Gasteiger partial charge in [0.15, 0.2) is 11.6 Å². The van der Waals surface area contributed by atoms with Gasteiger partial charge in [0.05, 0.1) is 27.1 Å². The molecule has 300 valence electrons. The van der Waals surface area contributed by atoms with Crippen molar-refractivity contribution in [1.29, 1.82) is 0 Å². The van der Waals surface area contributed by atoms with Gasteiger partial charge in [0.1, 0.15) is 23.0 Å². The fourth-order valence-electron chi connectivity index (χ4n) is 4.72. The summed E-state index contributed by atoms with van der Waals surface area (Å²) in [5.41, 5.74) is 10.3. The summed E-state index contributed by atoms with van der Waals surface area (Å²) in [5, 5.41) is 26.5. The second-order valence-electron chi connectivity index (χ2n) is 11.4. The van der Waals surface area contributed by atoms with Crippen LogP contribution in [0, 0.1) is 0 Å². The van der Waals surface area contributed by atoms with Crippen molar-refractivity contribution in [2.75, 3.05) is 18.2 Å². The van der Waals surface area contributed by atoms with Crippen LogP contribution in [-0.4, -0.2) is 40.7 Å². The van der Waals surface area contributed by atoms with Gasteiger partial charge in [-0.1, -0.05) is 88.7 Å². The van der Waals surface area contributed by atoms with E-state index < -0.39 is 7.15 Å². The van der Waals surface area contributed by atoms with E-state index in [0.29, 0.717) is 40.7 Å². The number of hydrogen-bond donors (Lipinski definition) is 3. The SMILES string of the molecule is Nc1cccc(CO)c1.O=C(CBr)c1ccc(Oc2ccccc2)cc1.O=C(CCc1cccc(CO)c1)c1ccc(Oc2ccccc2)cc1.O=CO[O-].[2H]CF.[H-].[K+].[K+]. The van der Waals surface area contributed by atoms with Gasteiger partial charge in [-0.25, -0.2) is 0 Å². The molecule has 4 N–H and O–H groups in total. The van der Waals surface area contributed by atoms with Gasteiger partial charge < -0.3 is 37.0 Å². The normalized spacial score (nSPS) is 9.41. The zero-order valence-corrected chi connectivity index (χ0v) is 40.7. The van der Waals surface area contributed by atoms with Crippen LogP contribution in [-0.2, 0) is 29.3 Å². The molecule has 6 rings (SSSR count). The number of aliphatic hydroxyl groups excluding tert-OH is 2. The number of hydrogen-bond acceptors (Lipinski definition) is 10. The number of ether oxygens (including phenoxy) is 2. The van der Waals surface area contributed by atoms with Crippen LogP contribution in [0.15, 0.2) is 158 Å². The average molecular weight is 922 g/mol. The summed E-state index contributed by atoms with van der Waals surface area (Å²) in [4.78, 5) is 35.0. The molecular formula is C45H45BrFK2NO9. The van der Waals surface area contributed by atoms with E-state index in [2.05, 4.69) is 20.8 Å². The number of aliphatic hydroxyl groups is 2. The second-order valence-corrected chi connectivity index (χ2v) is 12.0. The Morgan fingerprint density at radius 2 is 1.07 bits per heavy atom. The third kappa shape index (κ3) is 23.6. The van der Waals surface area contributed by atoms with Crippen LogP contribution >= 0.6 is 15.9 Å².